The molecule has 0 aliphatic heterocycles. The van der Waals surface area contributed by atoms with E-state index in [1.54, 1.807) is 30.3 Å². The second-order valence-electron chi connectivity index (χ2n) is 4.48. The van der Waals surface area contributed by atoms with Crippen molar-refractivity contribution in [2.24, 2.45) is 5.73 Å². The fourth-order valence-electron chi connectivity index (χ4n) is 2.12. The van der Waals surface area contributed by atoms with Crippen LogP contribution in [-0.2, 0) is 0 Å². The summed E-state index contributed by atoms with van der Waals surface area (Å²) in [6.45, 7) is 0.232. The second-order valence-corrected chi connectivity index (χ2v) is 5.71. The topological polar surface area (TPSA) is 46.2 Å². The summed E-state index contributed by atoms with van der Waals surface area (Å²) >= 11 is 9.52. The van der Waals surface area contributed by atoms with Gasteiger partial charge in [0.2, 0.25) is 0 Å². The molecule has 0 aliphatic carbocycles. The maximum Gasteiger partial charge on any atom is 0.123 e. The second kappa shape index (κ2) is 6.68. The molecule has 0 saturated heterocycles. The zero-order valence-electron chi connectivity index (χ0n) is 10.6. The summed E-state index contributed by atoms with van der Waals surface area (Å²) in [5, 5.41) is 11.0. The summed E-state index contributed by atoms with van der Waals surface area (Å²) in [5.74, 6) is -0.665. The molecular weight excluding hydrogens is 345 g/mol. The summed E-state index contributed by atoms with van der Waals surface area (Å²) < 4.78 is 13.7. The highest BCUT2D eigenvalue weighted by Gasteiger charge is 2.24. The Morgan fingerprint density at radius 3 is 2.45 bits per heavy atom. The zero-order valence-corrected chi connectivity index (χ0v) is 12.9. The number of hydrogen-bond donors (Lipinski definition) is 2. The van der Waals surface area contributed by atoms with Crippen molar-refractivity contribution in [2.75, 3.05) is 6.54 Å². The van der Waals surface area contributed by atoms with Crippen LogP contribution < -0.4 is 5.73 Å². The highest BCUT2D eigenvalue weighted by molar-refractivity contribution is 9.10. The Morgan fingerprint density at radius 2 is 1.85 bits per heavy atom. The molecule has 0 heterocycles. The molecule has 5 heteroatoms. The van der Waals surface area contributed by atoms with Crippen LogP contribution in [0.1, 0.15) is 23.1 Å². The van der Waals surface area contributed by atoms with Gasteiger partial charge in [-0.1, -0.05) is 35.9 Å². The largest absolute Gasteiger partial charge is 0.388 e. The van der Waals surface area contributed by atoms with Crippen molar-refractivity contribution in [1.82, 2.24) is 0 Å². The van der Waals surface area contributed by atoms with Crippen molar-refractivity contribution < 1.29 is 9.50 Å². The van der Waals surface area contributed by atoms with Gasteiger partial charge in [0, 0.05) is 22.5 Å². The predicted octanol–water partition coefficient (Wildman–Crippen LogP) is 4.02. The molecule has 0 radical (unpaired) electrons. The SMILES string of the molecule is NCC(c1ccc(F)cc1)C(O)c1cccc(Br)c1Cl. The van der Waals surface area contributed by atoms with Gasteiger partial charge in [-0.05, 0) is 39.7 Å². The molecule has 0 amide bonds. The van der Waals surface area contributed by atoms with Crippen LogP contribution in [0, 0.1) is 5.82 Å². The lowest BCUT2D eigenvalue weighted by atomic mass is 9.89. The molecule has 2 aromatic carbocycles. The Hall–Kier alpha value is -0.940. The molecule has 106 valence electrons. The molecule has 2 aromatic rings. The molecule has 2 rings (SSSR count). The number of aliphatic hydroxyl groups excluding tert-OH is 1. The van der Waals surface area contributed by atoms with Gasteiger partial charge in [-0.2, -0.15) is 0 Å². The van der Waals surface area contributed by atoms with Gasteiger partial charge >= 0.3 is 0 Å². The summed E-state index contributed by atoms with van der Waals surface area (Å²) in [6, 6.07) is 11.3. The zero-order chi connectivity index (χ0) is 14.7. The van der Waals surface area contributed by atoms with Gasteiger partial charge in [-0.3, -0.25) is 0 Å². The van der Waals surface area contributed by atoms with E-state index in [9.17, 15) is 9.50 Å². The van der Waals surface area contributed by atoms with Crippen molar-refractivity contribution in [2.45, 2.75) is 12.0 Å². The molecule has 0 fully saturated rings. The Labute approximate surface area is 130 Å². The van der Waals surface area contributed by atoms with Crippen LogP contribution in [0.25, 0.3) is 0 Å². The molecule has 3 N–H and O–H groups in total. The lowest BCUT2D eigenvalue weighted by Crippen LogP contribution is -2.20. The first kappa shape index (κ1) is 15.4. The monoisotopic (exact) mass is 357 g/mol. The standard InChI is InChI=1S/C15H14BrClFNO/c16-13-3-1-2-11(14(13)17)15(20)12(8-19)9-4-6-10(18)7-5-9/h1-7,12,15,20H,8,19H2. The van der Waals surface area contributed by atoms with Crippen molar-refractivity contribution in [3.63, 3.8) is 0 Å². The van der Waals surface area contributed by atoms with Gasteiger partial charge in [-0.25, -0.2) is 4.39 Å². The van der Waals surface area contributed by atoms with E-state index in [0.717, 1.165) is 5.56 Å². The van der Waals surface area contributed by atoms with Gasteiger partial charge in [-0.15, -0.1) is 0 Å². The molecular formula is C15H14BrClFNO. The summed E-state index contributed by atoms with van der Waals surface area (Å²) in [5.41, 5.74) is 7.13. The first-order chi connectivity index (χ1) is 9.54. The van der Waals surface area contributed by atoms with E-state index in [-0.39, 0.29) is 18.3 Å². The molecule has 2 atom stereocenters. The summed E-state index contributed by atoms with van der Waals surface area (Å²) in [6.07, 6.45) is -0.851. The van der Waals surface area contributed by atoms with Gasteiger partial charge in [0.1, 0.15) is 5.82 Å². The van der Waals surface area contributed by atoms with E-state index in [2.05, 4.69) is 15.9 Å². The van der Waals surface area contributed by atoms with E-state index in [0.29, 0.717) is 15.1 Å². The first-order valence-corrected chi connectivity index (χ1v) is 7.29. The molecule has 20 heavy (non-hydrogen) atoms. The van der Waals surface area contributed by atoms with Crippen molar-refractivity contribution in [1.29, 1.82) is 0 Å². The minimum atomic E-state index is -0.851. The van der Waals surface area contributed by atoms with E-state index in [4.69, 9.17) is 17.3 Å². The molecule has 0 aromatic heterocycles. The highest BCUT2D eigenvalue weighted by Crippen LogP contribution is 2.37. The maximum atomic E-state index is 13.0. The van der Waals surface area contributed by atoms with Gasteiger partial charge in [0.15, 0.2) is 0 Å². The van der Waals surface area contributed by atoms with E-state index >= 15 is 0 Å². The van der Waals surface area contributed by atoms with Crippen molar-refractivity contribution in [3.05, 3.63) is 68.9 Å². The number of nitrogens with two attached hydrogens (primary N) is 1. The molecule has 0 saturated carbocycles. The third-order valence-electron chi connectivity index (χ3n) is 3.23. The molecule has 2 nitrogen and oxygen atoms in total. The fourth-order valence-corrected chi connectivity index (χ4v) is 2.74. The summed E-state index contributed by atoms with van der Waals surface area (Å²) in [7, 11) is 0. The molecule has 2 unspecified atom stereocenters. The van der Waals surface area contributed by atoms with Crippen LogP contribution in [0.2, 0.25) is 5.02 Å². The molecule has 0 spiro atoms. The lowest BCUT2D eigenvalue weighted by Gasteiger charge is -2.23. The van der Waals surface area contributed by atoms with Crippen molar-refractivity contribution in [3.8, 4) is 0 Å². The van der Waals surface area contributed by atoms with E-state index < -0.39 is 6.10 Å². The quantitative estimate of drug-likeness (QED) is 0.867. The van der Waals surface area contributed by atoms with Crippen LogP contribution in [0.3, 0.4) is 0 Å². The molecule has 0 aliphatic rings. The minimum Gasteiger partial charge on any atom is -0.388 e. The smallest absolute Gasteiger partial charge is 0.123 e. The average Bonchev–Trinajstić information content (AvgIpc) is 2.44. The minimum absolute atomic E-state index is 0.232. The van der Waals surface area contributed by atoms with E-state index in [1.165, 1.54) is 12.1 Å². The van der Waals surface area contributed by atoms with Crippen LogP contribution >= 0.6 is 27.5 Å². The van der Waals surface area contributed by atoms with Crippen LogP contribution in [-0.4, -0.2) is 11.7 Å². The first-order valence-electron chi connectivity index (χ1n) is 6.12. The Morgan fingerprint density at radius 1 is 1.20 bits per heavy atom. The average molecular weight is 359 g/mol. The maximum absolute atomic E-state index is 13.0. The fraction of sp³-hybridized carbons (Fsp3) is 0.200. The third-order valence-corrected chi connectivity index (χ3v) is 4.54. The van der Waals surface area contributed by atoms with Gasteiger partial charge in [0.05, 0.1) is 11.1 Å². The number of aliphatic hydroxyl groups is 1. The van der Waals surface area contributed by atoms with Crippen molar-refractivity contribution >= 4 is 27.5 Å². The normalized spacial score (nSPS) is 14.1. The van der Waals surface area contributed by atoms with Crippen LogP contribution in [0.15, 0.2) is 46.9 Å². The third kappa shape index (κ3) is 3.20. The number of rotatable bonds is 4. The van der Waals surface area contributed by atoms with Gasteiger partial charge in [0.25, 0.3) is 0 Å². The Bertz CT molecular complexity index is 591. The van der Waals surface area contributed by atoms with Crippen LogP contribution in [0.5, 0.6) is 0 Å². The van der Waals surface area contributed by atoms with Crippen LogP contribution in [0.4, 0.5) is 4.39 Å². The summed E-state index contributed by atoms with van der Waals surface area (Å²) in [4.78, 5) is 0. The Kier molecular flexibility index (Phi) is 5.16. The van der Waals surface area contributed by atoms with Gasteiger partial charge < -0.3 is 10.8 Å². The predicted molar refractivity (Wildman–Crippen MR) is 82.3 cm³/mol. The number of hydrogen-bond acceptors (Lipinski definition) is 2. The number of halogens is 3. The Balaban J connectivity index is 2.36. The molecule has 0 bridgehead atoms. The highest BCUT2D eigenvalue weighted by atomic mass is 79.9. The van der Waals surface area contributed by atoms with E-state index in [1.807, 2.05) is 0 Å². The lowest BCUT2D eigenvalue weighted by molar-refractivity contribution is 0.147. The number of benzene rings is 2.